The van der Waals surface area contributed by atoms with Crippen molar-refractivity contribution in [2.24, 2.45) is 0 Å². The molecule has 0 spiro atoms. The maximum absolute atomic E-state index is 2.83. The van der Waals surface area contributed by atoms with Crippen molar-refractivity contribution in [1.29, 1.82) is 0 Å². The van der Waals surface area contributed by atoms with Crippen LogP contribution in [0.2, 0.25) is 0 Å². The summed E-state index contributed by atoms with van der Waals surface area (Å²) in [6.07, 6.45) is 62.9. The van der Waals surface area contributed by atoms with Crippen LogP contribution in [0.5, 0.6) is 0 Å². The summed E-state index contributed by atoms with van der Waals surface area (Å²) in [5.41, 5.74) is 0. The monoisotopic (exact) mass is 681 g/mol. The molecule has 0 aliphatic carbocycles. The molecule has 0 unspecified atom stereocenters. The van der Waals surface area contributed by atoms with E-state index in [4.69, 9.17) is 0 Å². The summed E-state index contributed by atoms with van der Waals surface area (Å²) in [7, 11) is -1.05. The van der Waals surface area contributed by atoms with Gasteiger partial charge in [-0.15, -0.1) is 0 Å². The van der Waals surface area contributed by atoms with Gasteiger partial charge in [-0.25, -0.2) is 0 Å². The molecule has 0 nitrogen and oxygen atoms in total. The Bertz CT molecular complexity index is 467. The molecule has 1 heteroatoms. The SMILES string of the molecule is CCCCCCCCCCCCCCC[PH](C)(CCCCCCCCCCCCCCC)CCCCCCCCCCCCCCC. The predicted molar refractivity (Wildman–Crippen MR) is 226 cm³/mol. The third kappa shape index (κ3) is 39.1. The molecule has 0 heterocycles. The summed E-state index contributed by atoms with van der Waals surface area (Å²) in [5, 5.41) is 0. The van der Waals surface area contributed by atoms with Crippen LogP contribution in [0.1, 0.15) is 271 Å². The topological polar surface area (TPSA) is 0 Å². The molecule has 47 heavy (non-hydrogen) atoms. The Morgan fingerprint density at radius 2 is 0.319 bits per heavy atom. The van der Waals surface area contributed by atoms with E-state index in [1.54, 1.807) is 37.7 Å². The van der Waals surface area contributed by atoms with Gasteiger partial charge in [-0.2, -0.15) is 0 Å². The molecule has 0 aliphatic heterocycles. The van der Waals surface area contributed by atoms with Gasteiger partial charge in [-0.3, -0.25) is 0 Å². The first-order chi connectivity index (χ1) is 23.2. The third-order valence-electron chi connectivity index (χ3n) is 11.7. The normalized spacial score (nSPS) is 12.3. The minimum Gasteiger partial charge on any atom is -0.0654 e. The second-order valence-corrected chi connectivity index (χ2v) is 21.9. The quantitative estimate of drug-likeness (QED) is 0.0445. The first kappa shape index (κ1) is 47.4. The summed E-state index contributed by atoms with van der Waals surface area (Å²) in [5.74, 6) is 0. The molecule has 0 rings (SSSR count). The fraction of sp³-hybridized carbons (Fsp3) is 1.00. The Hall–Kier alpha value is 0.430. The van der Waals surface area contributed by atoms with Crippen LogP contribution in [0.4, 0.5) is 0 Å². The van der Waals surface area contributed by atoms with Crippen LogP contribution < -0.4 is 0 Å². The van der Waals surface area contributed by atoms with E-state index in [1.165, 1.54) is 231 Å². The number of hydrogen-bond acceptors (Lipinski definition) is 0. The van der Waals surface area contributed by atoms with E-state index >= 15 is 0 Å². The summed E-state index contributed by atoms with van der Waals surface area (Å²) in [4.78, 5) is 0. The van der Waals surface area contributed by atoms with E-state index in [0.717, 1.165) is 0 Å². The molecular formula is C46H97P. The van der Waals surface area contributed by atoms with Crippen molar-refractivity contribution in [2.75, 3.05) is 25.2 Å². The smallest absolute Gasteiger partial charge is 0.0654 e. The average Bonchev–Trinajstić information content (AvgIpc) is 3.07. The zero-order chi connectivity index (χ0) is 34.2. The van der Waals surface area contributed by atoms with Gasteiger partial charge in [0.2, 0.25) is 0 Å². The molecule has 0 radical (unpaired) electrons. The van der Waals surface area contributed by atoms with Gasteiger partial charge in [0.15, 0.2) is 0 Å². The van der Waals surface area contributed by atoms with Crippen molar-refractivity contribution < 1.29 is 0 Å². The second kappa shape index (κ2) is 40.9. The van der Waals surface area contributed by atoms with Gasteiger partial charge in [0, 0.05) is 0 Å². The van der Waals surface area contributed by atoms with Crippen molar-refractivity contribution in [3.8, 4) is 0 Å². The Kier molecular flexibility index (Phi) is 41.2. The van der Waals surface area contributed by atoms with E-state index in [-0.39, 0.29) is 0 Å². The Morgan fingerprint density at radius 3 is 0.468 bits per heavy atom. The minimum absolute atomic E-state index is 1.05. The molecule has 0 bridgehead atoms. The number of hydrogen-bond donors (Lipinski definition) is 0. The van der Waals surface area contributed by atoms with Crippen molar-refractivity contribution >= 4 is 7.26 Å². The van der Waals surface area contributed by atoms with Gasteiger partial charge in [-0.05, 0) is 0 Å². The fourth-order valence-electron chi connectivity index (χ4n) is 8.08. The predicted octanol–water partition coefficient (Wildman–Crippen LogP) is 17.6. The van der Waals surface area contributed by atoms with Crippen LogP contribution in [0.3, 0.4) is 0 Å². The first-order valence-corrected chi connectivity index (χ1v) is 26.3. The Morgan fingerprint density at radius 1 is 0.191 bits per heavy atom. The summed E-state index contributed by atoms with van der Waals surface area (Å²) in [6, 6.07) is 0. The van der Waals surface area contributed by atoms with Crippen LogP contribution in [-0.2, 0) is 0 Å². The van der Waals surface area contributed by atoms with Crippen LogP contribution in [0.25, 0.3) is 0 Å². The van der Waals surface area contributed by atoms with E-state index in [0.29, 0.717) is 0 Å². The molecular weight excluding hydrogens is 583 g/mol. The molecule has 0 amide bonds. The molecule has 0 aromatic carbocycles. The number of unbranched alkanes of at least 4 members (excludes halogenated alkanes) is 36. The summed E-state index contributed by atoms with van der Waals surface area (Å²) < 4.78 is 0. The Labute approximate surface area is 302 Å². The van der Waals surface area contributed by atoms with Crippen LogP contribution in [0.15, 0.2) is 0 Å². The van der Waals surface area contributed by atoms with Gasteiger partial charge in [0.1, 0.15) is 0 Å². The van der Waals surface area contributed by atoms with Crippen LogP contribution in [-0.4, -0.2) is 25.2 Å². The fourth-order valence-corrected chi connectivity index (χ4v) is 12.1. The first-order valence-electron chi connectivity index (χ1n) is 23.2. The van der Waals surface area contributed by atoms with Gasteiger partial charge in [0.05, 0.1) is 0 Å². The molecule has 0 fully saturated rings. The summed E-state index contributed by atoms with van der Waals surface area (Å²) >= 11 is 0. The van der Waals surface area contributed by atoms with E-state index in [2.05, 4.69) is 27.4 Å². The van der Waals surface area contributed by atoms with Crippen molar-refractivity contribution in [2.45, 2.75) is 271 Å². The van der Waals surface area contributed by atoms with E-state index < -0.39 is 7.26 Å². The Balaban J connectivity index is 4.07. The third-order valence-corrected chi connectivity index (χ3v) is 16.3. The molecule has 0 saturated heterocycles. The zero-order valence-corrected chi connectivity index (χ0v) is 35.2. The van der Waals surface area contributed by atoms with Crippen LogP contribution >= 0.6 is 7.26 Å². The molecule has 0 N–H and O–H groups in total. The van der Waals surface area contributed by atoms with E-state index in [9.17, 15) is 0 Å². The van der Waals surface area contributed by atoms with Gasteiger partial charge in [0.25, 0.3) is 0 Å². The van der Waals surface area contributed by atoms with Crippen LogP contribution in [0, 0.1) is 0 Å². The standard InChI is InChI=1S/C46H97P/c1-5-8-11-14-17-20-23-26-29-32-35-38-41-44-47(4,45-42-39-36-33-30-27-24-21-18-15-12-9-6-2)46-43-40-37-34-31-28-25-22-19-16-13-10-7-3/h47H,5-46H2,1-4H3. The molecule has 0 aliphatic rings. The average molecular weight is 681 g/mol. The van der Waals surface area contributed by atoms with E-state index in [1.807, 2.05) is 0 Å². The second-order valence-electron chi connectivity index (χ2n) is 16.8. The minimum atomic E-state index is -1.05. The van der Waals surface area contributed by atoms with Gasteiger partial charge >= 0.3 is 244 Å². The molecule has 0 saturated carbocycles. The summed E-state index contributed by atoms with van der Waals surface area (Å²) in [6.45, 7) is 9.80. The molecule has 0 aromatic rings. The van der Waals surface area contributed by atoms with Crippen molar-refractivity contribution in [1.82, 2.24) is 0 Å². The van der Waals surface area contributed by atoms with Gasteiger partial charge < -0.3 is 0 Å². The number of rotatable bonds is 42. The van der Waals surface area contributed by atoms with Gasteiger partial charge in [-0.1, -0.05) is 59.3 Å². The molecule has 0 aromatic heterocycles. The van der Waals surface area contributed by atoms with Crippen molar-refractivity contribution in [3.05, 3.63) is 0 Å². The van der Waals surface area contributed by atoms with Crippen molar-refractivity contribution in [3.63, 3.8) is 0 Å². The maximum atomic E-state index is 2.83. The molecule has 286 valence electrons. The zero-order valence-electron chi connectivity index (χ0n) is 34.2. The molecule has 0 atom stereocenters.